The molecular formula is C16H19FN2. The first kappa shape index (κ1) is 13.7. The predicted octanol–water partition coefficient (Wildman–Crippen LogP) is 3.30. The van der Waals surface area contributed by atoms with E-state index in [0.29, 0.717) is 0 Å². The highest BCUT2D eigenvalue weighted by atomic mass is 19.1. The summed E-state index contributed by atoms with van der Waals surface area (Å²) < 4.78 is 13.5. The predicted molar refractivity (Wildman–Crippen MR) is 76.2 cm³/mol. The third kappa shape index (κ3) is 3.00. The van der Waals surface area contributed by atoms with Gasteiger partial charge in [0.2, 0.25) is 0 Å². The van der Waals surface area contributed by atoms with Gasteiger partial charge in [0.15, 0.2) is 0 Å². The second-order valence-corrected chi connectivity index (χ2v) is 5.02. The van der Waals surface area contributed by atoms with Crippen molar-refractivity contribution in [1.82, 2.24) is 5.43 Å². The summed E-state index contributed by atoms with van der Waals surface area (Å²) in [5, 5.41) is 0. The molecule has 2 aromatic carbocycles. The maximum absolute atomic E-state index is 13.5. The minimum Gasteiger partial charge on any atom is -0.271 e. The van der Waals surface area contributed by atoms with Crippen molar-refractivity contribution in [3.63, 3.8) is 0 Å². The molecule has 2 aromatic rings. The van der Waals surface area contributed by atoms with Crippen molar-refractivity contribution in [2.45, 2.75) is 26.8 Å². The smallest absolute Gasteiger partial charge is 0.123 e. The van der Waals surface area contributed by atoms with Gasteiger partial charge >= 0.3 is 0 Å². The second-order valence-electron chi connectivity index (χ2n) is 5.02. The molecule has 0 aliphatic rings. The Morgan fingerprint density at radius 3 is 2.32 bits per heavy atom. The molecule has 19 heavy (non-hydrogen) atoms. The van der Waals surface area contributed by atoms with Crippen molar-refractivity contribution < 1.29 is 4.39 Å². The van der Waals surface area contributed by atoms with Crippen molar-refractivity contribution in [3.8, 4) is 0 Å². The van der Waals surface area contributed by atoms with Gasteiger partial charge in [0.05, 0.1) is 6.04 Å². The zero-order valence-corrected chi connectivity index (χ0v) is 11.5. The first-order valence-electron chi connectivity index (χ1n) is 6.31. The van der Waals surface area contributed by atoms with Gasteiger partial charge < -0.3 is 0 Å². The lowest BCUT2D eigenvalue weighted by Gasteiger charge is -2.20. The SMILES string of the molecule is Cc1cc(F)cc(C(NN)c2ccc(C)cc2C)c1. The molecule has 2 nitrogen and oxygen atoms in total. The molecule has 2 rings (SSSR count). The Kier molecular flexibility index (Phi) is 3.98. The lowest BCUT2D eigenvalue weighted by atomic mass is 9.93. The van der Waals surface area contributed by atoms with Crippen molar-refractivity contribution >= 4 is 0 Å². The number of rotatable bonds is 3. The van der Waals surface area contributed by atoms with Crippen molar-refractivity contribution in [1.29, 1.82) is 0 Å². The quantitative estimate of drug-likeness (QED) is 0.655. The van der Waals surface area contributed by atoms with Gasteiger partial charge in [-0.3, -0.25) is 5.84 Å². The highest BCUT2D eigenvalue weighted by Gasteiger charge is 2.15. The van der Waals surface area contributed by atoms with E-state index in [9.17, 15) is 4.39 Å². The molecule has 0 heterocycles. The Labute approximate surface area is 113 Å². The number of aryl methyl sites for hydroxylation is 3. The van der Waals surface area contributed by atoms with Crippen LogP contribution in [0.4, 0.5) is 4.39 Å². The van der Waals surface area contributed by atoms with Crippen LogP contribution in [0.25, 0.3) is 0 Å². The van der Waals surface area contributed by atoms with Crippen molar-refractivity contribution in [3.05, 3.63) is 70.0 Å². The number of hydrazine groups is 1. The van der Waals surface area contributed by atoms with Gasteiger partial charge in [-0.1, -0.05) is 29.8 Å². The van der Waals surface area contributed by atoms with Crippen LogP contribution in [0.3, 0.4) is 0 Å². The summed E-state index contributed by atoms with van der Waals surface area (Å²) in [4.78, 5) is 0. The normalized spacial score (nSPS) is 12.5. The lowest BCUT2D eigenvalue weighted by Crippen LogP contribution is -2.29. The first-order chi connectivity index (χ1) is 9.01. The molecule has 1 unspecified atom stereocenters. The maximum atomic E-state index is 13.5. The molecule has 0 amide bonds. The van der Waals surface area contributed by atoms with Gasteiger partial charge in [0.1, 0.15) is 5.82 Å². The average Bonchev–Trinajstić information content (AvgIpc) is 2.31. The zero-order chi connectivity index (χ0) is 14.0. The van der Waals surface area contributed by atoms with Crippen LogP contribution >= 0.6 is 0 Å². The summed E-state index contributed by atoms with van der Waals surface area (Å²) in [6.45, 7) is 5.97. The Bertz CT molecular complexity index is 573. The Balaban J connectivity index is 2.49. The van der Waals surface area contributed by atoms with Crippen LogP contribution in [0.2, 0.25) is 0 Å². The average molecular weight is 258 g/mol. The van der Waals surface area contributed by atoms with Crippen LogP contribution in [-0.4, -0.2) is 0 Å². The van der Waals surface area contributed by atoms with E-state index in [2.05, 4.69) is 11.5 Å². The summed E-state index contributed by atoms with van der Waals surface area (Å²) in [6.07, 6.45) is 0. The molecule has 0 spiro atoms. The highest BCUT2D eigenvalue weighted by Crippen LogP contribution is 2.26. The van der Waals surface area contributed by atoms with E-state index in [1.165, 1.54) is 17.7 Å². The Morgan fingerprint density at radius 2 is 1.74 bits per heavy atom. The van der Waals surface area contributed by atoms with E-state index >= 15 is 0 Å². The number of hydrogen-bond acceptors (Lipinski definition) is 2. The van der Waals surface area contributed by atoms with Gasteiger partial charge in [-0.25, -0.2) is 9.82 Å². The lowest BCUT2D eigenvalue weighted by molar-refractivity contribution is 0.602. The number of halogens is 1. The minimum atomic E-state index is -0.236. The molecule has 3 heteroatoms. The van der Waals surface area contributed by atoms with Crippen molar-refractivity contribution in [2.24, 2.45) is 5.84 Å². The van der Waals surface area contributed by atoms with Crippen molar-refractivity contribution in [2.75, 3.05) is 0 Å². The highest BCUT2D eigenvalue weighted by molar-refractivity contribution is 5.40. The summed E-state index contributed by atoms with van der Waals surface area (Å²) in [6, 6.07) is 11.0. The second kappa shape index (κ2) is 5.51. The Hall–Kier alpha value is -1.71. The third-order valence-corrected chi connectivity index (χ3v) is 3.30. The maximum Gasteiger partial charge on any atom is 0.123 e. The monoisotopic (exact) mass is 258 g/mol. The molecule has 1 atom stereocenters. The van der Waals surface area contributed by atoms with Crippen LogP contribution in [0, 0.1) is 26.6 Å². The fourth-order valence-corrected chi connectivity index (χ4v) is 2.45. The van der Waals surface area contributed by atoms with Gasteiger partial charge in [-0.05, 0) is 55.2 Å². The van der Waals surface area contributed by atoms with Gasteiger partial charge in [0.25, 0.3) is 0 Å². The third-order valence-electron chi connectivity index (χ3n) is 3.30. The molecule has 0 saturated heterocycles. The van der Waals surface area contributed by atoms with E-state index in [-0.39, 0.29) is 11.9 Å². The van der Waals surface area contributed by atoms with E-state index in [4.69, 9.17) is 5.84 Å². The van der Waals surface area contributed by atoms with E-state index < -0.39 is 0 Å². The van der Waals surface area contributed by atoms with Crippen LogP contribution in [0.15, 0.2) is 36.4 Å². The van der Waals surface area contributed by atoms with Gasteiger partial charge in [0, 0.05) is 0 Å². The van der Waals surface area contributed by atoms with Crippen LogP contribution in [0.1, 0.15) is 33.9 Å². The fraction of sp³-hybridized carbons (Fsp3) is 0.250. The number of benzene rings is 2. The minimum absolute atomic E-state index is 0.199. The fourth-order valence-electron chi connectivity index (χ4n) is 2.45. The van der Waals surface area contributed by atoms with Gasteiger partial charge in [-0.15, -0.1) is 0 Å². The largest absolute Gasteiger partial charge is 0.271 e. The molecule has 0 fully saturated rings. The first-order valence-corrected chi connectivity index (χ1v) is 6.31. The zero-order valence-electron chi connectivity index (χ0n) is 11.5. The molecule has 100 valence electrons. The van der Waals surface area contributed by atoms with E-state index in [0.717, 1.165) is 22.3 Å². The summed E-state index contributed by atoms with van der Waals surface area (Å²) in [5.74, 6) is 5.44. The summed E-state index contributed by atoms with van der Waals surface area (Å²) >= 11 is 0. The van der Waals surface area contributed by atoms with Crippen LogP contribution in [-0.2, 0) is 0 Å². The van der Waals surface area contributed by atoms with E-state index in [1.54, 1.807) is 0 Å². The summed E-state index contributed by atoms with van der Waals surface area (Å²) in [5.41, 5.74) is 7.92. The van der Waals surface area contributed by atoms with Gasteiger partial charge in [-0.2, -0.15) is 0 Å². The van der Waals surface area contributed by atoms with Crippen LogP contribution < -0.4 is 11.3 Å². The number of hydrogen-bond donors (Lipinski definition) is 2. The van der Waals surface area contributed by atoms with Crippen LogP contribution in [0.5, 0.6) is 0 Å². The topological polar surface area (TPSA) is 38.0 Å². The molecule has 0 aliphatic carbocycles. The molecule has 0 radical (unpaired) electrons. The standard InChI is InChI=1S/C16H19FN2/c1-10-4-5-15(12(3)6-10)16(19-18)13-7-11(2)8-14(17)9-13/h4-9,16,19H,18H2,1-3H3. The molecule has 3 N–H and O–H groups in total. The summed E-state index contributed by atoms with van der Waals surface area (Å²) in [7, 11) is 0. The molecule has 0 aromatic heterocycles. The molecular weight excluding hydrogens is 239 g/mol. The van der Waals surface area contributed by atoms with E-state index in [1.807, 2.05) is 39.0 Å². The molecule has 0 bridgehead atoms. The Morgan fingerprint density at radius 1 is 1.00 bits per heavy atom. The molecule has 0 aliphatic heterocycles. The number of nitrogens with one attached hydrogen (secondary N) is 1. The number of nitrogens with two attached hydrogens (primary N) is 1. The molecule has 0 saturated carbocycles.